The van der Waals surface area contributed by atoms with Crippen molar-refractivity contribution in [2.75, 3.05) is 0 Å². The van der Waals surface area contributed by atoms with Gasteiger partial charge in [-0.05, 0) is 54.8 Å². The molecule has 2 heteroatoms. The molecule has 0 atom stereocenters. The van der Waals surface area contributed by atoms with Crippen LogP contribution in [0, 0.1) is 13.8 Å². The quantitative estimate of drug-likeness (QED) is 0.870. The first kappa shape index (κ1) is 11.7. The lowest BCUT2D eigenvalue weighted by atomic mass is 10.0. The van der Waals surface area contributed by atoms with E-state index in [9.17, 15) is 0 Å². The first-order valence-corrected chi connectivity index (χ1v) is 5.74. The molecule has 0 heterocycles. The van der Waals surface area contributed by atoms with Gasteiger partial charge in [-0.25, -0.2) is 0 Å². The van der Waals surface area contributed by atoms with Crippen LogP contribution in [0.25, 0.3) is 0 Å². The molecule has 0 aliphatic rings. The highest BCUT2D eigenvalue weighted by molar-refractivity contribution is 5.42. The molecular weight excluding hydrogens is 210 g/mol. The van der Waals surface area contributed by atoms with E-state index in [2.05, 4.69) is 13.8 Å². The smallest absolute Gasteiger partial charge is 0.127 e. The van der Waals surface area contributed by atoms with Gasteiger partial charge in [0.25, 0.3) is 0 Å². The van der Waals surface area contributed by atoms with Gasteiger partial charge in [0, 0.05) is 6.54 Å². The summed E-state index contributed by atoms with van der Waals surface area (Å²) in [5, 5.41) is 0. The van der Waals surface area contributed by atoms with Crippen LogP contribution in [0.2, 0.25) is 0 Å². The molecule has 2 rings (SSSR count). The predicted molar refractivity (Wildman–Crippen MR) is 70.3 cm³/mol. The summed E-state index contributed by atoms with van der Waals surface area (Å²) in [5.41, 5.74) is 9.27. The van der Waals surface area contributed by atoms with Gasteiger partial charge >= 0.3 is 0 Å². The lowest BCUT2D eigenvalue weighted by molar-refractivity contribution is 0.481. The van der Waals surface area contributed by atoms with Crippen molar-refractivity contribution in [2.45, 2.75) is 20.4 Å². The van der Waals surface area contributed by atoms with E-state index in [-0.39, 0.29) is 0 Å². The minimum Gasteiger partial charge on any atom is -0.457 e. The predicted octanol–water partition coefficient (Wildman–Crippen LogP) is 3.55. The Labute approximate surface area is 102 Å². The third-order valence-corrected chi connectivity index (χ3v) is 2.85. The Morgan fingerprint density at radius 3 is 2.06 bits per heavy atom. The maximum Gasteiger partial charge on any atom is 0.127 e. The summed E-state index contributed by atoms with van der Waals surface area (Å²) in [6.45, 7) is 4.70. The summed E-state index contributed by atoms with van der Waals surface area (Å²) >= 11 is 0. The van der Waals surface area contributed by atoms with Crippen LogP contribution in [0.3, 0.4) is 0 Å². The van der Waals surface area contributed by atoms with E-state index in [1.165, 1.54) is 16.7 Å². The van der Waals surface area contributed by atoms with Crippen molar-refractivity contribution in [3.05, 3.63) is 59.2 Å². The average Bonchev–Trinajstić information content (AvgIpc) is 2.30. The van der Waals surface area contributed by atoms with Crippen LogP contribution in [0.1, 0.15) is 16.7 Å². The van der Waals surface area contributed by atoms with Crippen LogP contribution in [0.15, 0.2) is 42.5 Å². The lowest BCUT2D eigenvalue weighted by Crippen LogP contribution is -2.02. The topological polar surface area (TPSA) is 35.2 Å². The number of hydrogen-bond acceptors (Lipinski definition) is 2. The molecule has 0 aromatic heterocycles. The van der Waals surface area contributed by atoms with E-state index in [0.29, 0.717) is 6.54 Å². The Kier molecular flexibility index (Phi) is 3.45. The highest BCUT2D eigenvalue weighted by Gasteiger charge is 2.05. The van der Waals surface area contributed by atoms with Gasteiger partial charge in [-0.15, -0.1) is 0 Å². The number of hydrogen-bond donors (Lipinski definition) is 1. The fourth-order valence-electron chi connectivity index (χ4n) is 1.96. The minimum atomic E-state index is 0.573. The molecule has 0 bridgehead atoms. The van der Waals surface area contributed by atoms with Gasteiger partial charge in [0.1, 0.15) is 11.5 Å². The highest BCUT2D eigenvalue weighted by atomic mass is 16.5. The molecular formula is C15H17NO. The first-order valence-electron chi connectivity index (χ1n) is 5.74. The van der Waals surface area contributed by atoms with Crippen molar-refractivity contribution in [3.8, 4) is 11.5 Å². The molecule has 0 unspecified atom stereocenters. The molecule has 0 spiro atoms. The van der Waals surface area contributed by atoms with Gasteiger partial charge in [0.2, 0.25) is 0 Å². The standard InChI is InChI=1S/C15H17NO/c1-11-8-14(9-12(2)15(11)10-16)17-13-6-4-3-5-7-13/h3-9H,10,16H2,1-2H3. The van der Waals surface area contributed by atoms with E-state index in [0.717, 1.165) is 11.5 Å². The molecule has 2 nitrogen and oxygen atoms in total. The van der Waals surface area contributed by atoms with E-state index >= 15 is 0 Å². The van der Waals surface area contributed by atoms with E-state index in [1.54, 1.807) is 0 Å². The van der Waals surface area contributed by atoms with Gasteiger partial charge in [0.15, 0.2) is 0 Å². The normalized spacial score (nSPS) is 10.3. The molecule has 0 saturated heterocycles. The summed E-state index contributed by atoms with van der Waals surface area (Å²) < 4.78 is 5.80. The largest absolute Gasteiger partial charge is 0.457 e. The molecule has 2 aromatic carbocycles. The van der Waals surface area contributed by atoms with Gasteiger partial charge in [-0.1, -0.05) is 18.2 Å². The molecule has 0 aliphatic heterocycles. The molecule has 88 valence electrons. The van der Waals surface area contributed by atoms with Crippen molar-refractivity contribution in [1.82, 2.24) is 0 Å². The molecule has 17 heavy (non-hydrogen) atoms. The van der Waals surface area contributed by atoms with Crippen LogP contribution in [-0.2, 0) is 6.54 Å². The highest BCUT2D eigenvalue weighted by Crippen LogP contribution is 2.26. The summed E-state index contributed by atoms with van der Waals surface area (Å²) in [5.74, 6) is 1.72. The van der Waals surface area contributed by atoms with Crippen molar-refractivity contribution in [1.29, 1.82) is 0 Å². The number of rotatable bonds is 3. The summed E-state index contributed by atoms with van der Waals surface area (Å²) in [4.78, 5) is 0. The molecule has 0 amide bonds. The average molecular weight is 227 g/mol. The van der Waals surface area contributed by atoms with Crippen molar-refractivity contribution < 1.29 is 4.74 Å². The van der Waals surface area contributed by atoms with Crippen LogP contribution in [0.4, 0.5) is 0 Å². The lowest BCUT2D eigenvalue weighted by Gasteiger charge is -2.12. The van der Waals surface area contributed by atoms with E-state index in [4.69, 9.17) is 10.5 Å². The summed E-state index contributed by atoms with van der Waals surface area (Å²) in [6.07, 6.45) is 0. The number of ether oxygens (including phenoxy) is 1. The Morgan fingerprint density at radius 2 is 1.53 bits per heavy atom. The number of nitrogens with two attached hydrogens (primary N) is 1. The second-order valence-electron chi connectivity index (χ2n) is 4.15. The van der Waals surface area contributed by atoms with Gasteiger partial charge < -0.3 is 10.5 Å². The van der Waals surface area contributed by atoms with Crippen molar-refractivity contribution in [2.24, 2.45) is 5.73 Å². The van der Waals surface area contributed by atoms with Gasteiger partial charge in [0.05, 0.1) is 0 Å². The number of aryl methyl sites for hydroxylation is 2. The van der Waals surface area contributed by atoms with Crippen molar-refractivity contribution in [3.63, 3.8) is 0 Å². The van der Waals surface area contributed by atoms with Gasteiger partial charge in [-0.2, -0.15) is 0 Å². The zero-order chi connectivity index (χ0) is 12.3. The maximum absolute atomic E-state index is 5.80. The van der Waals surface area contributed by atoms with E-state index < -0.39 is 0 Å². The summed E-state index contributed by atoms with van der Waals surface area (Å²) in [6, 6.07) is 13.8. The second-order valence-corrected chi connectivity index (χ2v) is 4.15. The molecule has 0 fully saturated rings. The van der Waals surface area contributed by atoms with E-state index in [1.807, 2.05) is 42.5 Å². The summed E-state index contributed by atoms with van der Waals surface area (Å²) in [7, 11) is 0. The Hall–Kier alpha value is -1.80. The molecule has 0 radical (unpaired) electrons. The Morgan fingerprint density at radius 1 is 0.941 bits per heavy atom. The number of benzene rings is 2. The first-order chi connectivity index (χ1) is 8.20. The zero-order valence-corrected chi connectivity index (χ0v) is 10.2. The van der Waals surface area contributed by atoms with Crippen LogP contribution < -0.4 is 10.5 Å². The van der Waals surface area contributed by atoms with Crippen LogP contribution in [0.5, 0.6) is 11.5 Å². The maximum atomic E-state index is 5.80. The Bertz CT molecular complexity index is 483. The third kappa shape index (κ3) is 2.66. The monoisotopic (exact) mass is 227 g/mol. The fourth-order valence-corrected chi connectivity index (χ4v) is 1.96. The minimum absolute atomic E-state index is 0.573. The molecule has 0 aliphatic carbocycles. The fraction of sp³-hybridized carbons (Fsp3) is 0.200. The SMILES string of the molecule is Cc1cc(Oc2ccccc2)cc(C)c1CN. The van der Waals surface area contributed by atoms with Crippen LogP contribution >= 0.6 is 0 Å². The molecule has 2 N–H and O–H groups in total. The van der Waals surface area contributed by atoms with Crippen molar-refractivity contribution >= 4 is 0 Å². The molecule has 0 saturated carbocycles. The third-order valence-electron chi connectivity index (χ3n) is 2.85. The molecule has 2 aromatic rings. The Balaban J connectivity index is 2.29. The second kappa shape index (κ2) is 5.02. The number of para-hydroxylation sites is 1. The van der Waals surface area contributed by atoms with Crippen LogP contribution in [-0.4, -0.2) is 0 Å². The van der Waals surface area contributed by atoms with Gasteiger partial charge in [-0.3, -0.25) is 0 Å². The zero-order valence-electron chi connectivity index (χ0n) is 10.2.